The monoisotopic (exact) mass is 410 g/mol. The molecule has 3 rings (SSSR count). The lowest BCUT2D eigenvalue weighted by Crippen LogP contribution is -2.49. The molecule has 160 valence electrons. The lowest BCUT2D eigenvalue weighted by molar-refractivity contribution is -0.125. The summed E-state index contributed by atoms with van der Waals surface area (Å²) < 4.78 is 32.4. The van der Waals surface area contributed by atoms with E-state index in [0.717, 1.165) is 19.4 Å². The summed E-state index contributed by atoms with van der Waals surface area (Å²) >= 11 is 0. The number of likely N-dealkylation sites (N-methyl/N-ethyl adjacent to an activating group) is 1. The summed E-state index contributed by atoms with van der Waals surface area (Å²) in [5.74, 6) is -0.113. The number of hydrogen-bond acceptors (Lipinski definition) is 5. The summed E-state index contributed by atoms with van der Waals surface area (Å²) in [4.78, 5) is 27.9. The maximum Gasteiger partial charge on any atom is 0.265 e. The number of amides is 2. The van der Waals surface area contributed by atoms with E-state index < -0.39 is 12.5 Å². The molecule has 2 aliphatic rings. The van der Waals surface area contributed by atoms with E-state index in [-0.39, 0.29) is 48.4 Å². The van der Waals surface area contributed by atoms with Crippen molar-refractivity contribution in [2.45, 2.75) is 31.7 Å². The van der Waals surface area contributed by atoms with Crippen LogP contribution in [0.5, 0.6) is 0 Å². The number of hydrogen-bond donors (Lipinski definition) is 2. The van der Waals surface area contributed by atoms with E-state index in [0.29, 0.717) is 12.5 Å². The van der Waals surface area contributed by atoms with Crippen molar-refractivity contribution in [1.29, 1.82) is 0 Å². The molecule has 1 heterocycles. The highest BCUT2D eigenvalue weighted by Gasteiger charge is 2.28. The molecule has 2 amide bonds. The van der Waals surface area contributed by atoms with Crippen molar-refractivity contribution < 1.29 is 23.1 Å². The second-order valence-corrected chi connectivity index (χ2v) is 7.65. The van der Waals surface area contributed by atoms with Crippen molar-refractivity contribution in [3.8, 4) is 0 Å². The maximum absolute atomic E-state index is 13.7. The van der Waals surface area contributed by atoms with E-state index in [9.17, 15) is 18.4 Å². The van der Waals surface area contributed by atoms with Crippen molar-refractivity contribution in [1.82, 2.24) is 4.90 Å². The predicted octanol–water partition coefficient (Wildman–Crippen LogP) is 1.99. The Hall–Kier alpha value is -2.10. The SMILES string of the molecule is CN(CC1CCC1)[C@H](CN)C(=O)Nc1ccc(N2CCOCC2=O)c(C(F)F)c1. The number of halogens is 2. The van der Waals surface area contributed by atoms with Gasteiger partial charge < -0.3 is 20.7 Å². The number of benzene rings is 1. The minimum absolute atomic E-state index is 0.132. The number of morpholine rings is 1. The molecule has 9 heteroatoms. The minimum atomic E-state index is -2.79. The summed E-state index contributed by atoms with van der Waals surface area (Å²) in [7, 11) is 1.85. The highest BCUT2D eigenvalue weighted by atomic mass is 19.3. The van der Waals surface area contributed by atoms with E-state index >= 15 is 0 Å². The number of ether oxygens (including phenoxy) is 1. The molecule has 3 N–H and O–H groups in total. The average Bonchev–Trinajstić information content (AvgIpc) is 2.66. The molecule has 1 atom stereocenters. The van der Waals surface area contributed by atoms with Gasteiger partial charge in [-0.2, -0.15) is 0 Å². The Morgan fingerprint density at radius 1 is 1.41 bits per heavy atom. The molecule has 1 saturated heterocycles. The van der Waals surface area contributed by atoms with Crippen molar-refractivity contribution in [2.24, 2.45) is 11.7 Å². The van der Waals surface area contributed by atoms with E-state index in [1.54, 1.807) is 0 Å². The predicted molar refractivity (Wildman–Crippen MR) is 106 cm³/mol. The molecule has 1 aromatic rings. The number of nitrogens with one attached hydrogen (secondary N) is 1. The number of anilines is 2. The maximum atomic E-state index is 13.7. The fourth-order valence-corrected chi connectivity index (χ4v) is 3.75. The molecular formula is C20H28F2N4O3. The number of rotatable bonds is 8. The standard InChI is InChI=1S/C20H28F2N4O3/c1-25(11-13-3-2-4-13)17(10-23)20(28)24-14-5-6-16(15(9-14)19(21)22)26-7-8-29-12-18(26)27/h5-6,9,13,17,19H,2-4,7-8,10-12,23H2,1H3,(H,24,28)/t17-/m1/s1. The molecule has 0 aromatic heterocycles. The van der Waals surface area contributed by atoms with Crippen LogP contribution in [0.1, 0.15) is 31.3 Å². The second kappa shape index (κ2) is 9.60. The van der Waals surface area contributed by atoms with E-state index in [1.165, 1.54) is 29.5 Å². The van der Waals surface area contributed by atoms with E-state index in [4.69, 9.17) is 10.5 Å². The normalized spacial score (nSPS) is 18.8. The van der Waals surface area contributed by atoms with Crippen molar-refractivity contribution in [3.63, 3.8) is 0 Å². The molecule has 0 bridgehead atoms. The lowest BCUT2D eigenvalue weighted by atomic mass is 9.85. The van der Waals surface area contributed by atoms with Crippen LogP contribution >= 0.6 is 0 Å². The molecular weight excluding hydrogens is 382 g/mol. The first-order chi connectivity index (χ1) is 13.9. The zero-order valence-corrected chi connectivity index (χ0v) is 16.6. The lowest BCUT2D eigenvalue weighted by Gasteiger charge is -2.33. The third-order valence-corrected chi connectivity index (χ3v) is 5.64. The highest BCUT2D eigenvalue weighted by Crippen LogP contribution is 2.33. The van der Waals surface area contributed by atoms with Gasteiger partial charge in [-0.05, 0) is 44.0 Å². The topological polar surface area (TPSA) is 87.9 Å². The molecule has 0 spiro atoms. The zero-order valence-electron chi connectivity index (χ0n) is 16.6. The Kier molecular flexibility index (Phi) is 7.15. The molecule has 1 aliphatic heterocycles. The van der Waals surface area contributed by atoms with Crippen LogP contribution < -0.4 is 16.0 Å². The first kappa shape index (κ1) is 21.6. The van der Waals surface area contributed by atoms with Gasteiger partial charge in [0.15, 0.2) is 0 Å². The molecule has 2 fully saturated rings. The number of carbonyl (C=O) groups excluding carboxylic acids is 2. The van der Waals surface area contributed by atoms with Crippen LogP contribution in [0.3, 0.4) is 0 Å². The Balaban J connectivity index is 1.73. The highest BCUT2D eigenvalue weighted by molar-refractivity contribution is 5.97. The van der Waals surface area contributed by atoms with Gasteiger partial charge in [0.2, 0.25) is 5.91 Å². The van der Waals surface area contributed by atoms with Crippen molar-refractivity contribution in [3.05, 3.63) is 23.8 Å². The van der Waals surface area contributed by atoms with E-state index in [2.05, 4.69) is 5.32 Å². The third kappa shape index (κ3) is 5.09. The average molecular weight is 410 g/mol. The van der Waals surface area contributed by atoms with Crippen molar-refractivity contribution >= 4 is 23.2 Å². The summed E-state index contributed by atoms with van der Waals surface area (Å²) in [6, 6.07) is 3.66. The van der Waals surface area contributed by atoms with Crippen LogP contribution in [-0.2, 0) is 14.3 Å². The molecule has 1 aromatic carbocycles. The fraction of sp³-hybridized carbons (Fsp3) is 0.600. The van der Waals surface area contributed by atoms with Crippen LogP contribution in [0.2, 0.25) is 0 Å². The van der Waals surface area contributed by atoms with Gasteiger partial charge in [0.1, 0.15) is 12.6 Å². The fourth-order valence-electron chi connectivity index (χ4n) is 3.75. The third-order valence-electron chi connectivity index (χ3n) is 5.64. The summed E-state index contributed by atoms with van der Waals surface area (Å²) in [5, 5.41) is 2.70. The Morgan fingerprint density at radius 2 is 2.17 bits per heavy atom. The second-order valence-electron chi connectivity index (χ2n) is 7.65. The van der Waals surface area contributed by atoms with Crippen LogP contribution in [0, 0.1) is 5.92 Å². The number of nitrogens with zero attached hydrogens (tertiary/aromatic N) is 2. The quantitative estimate of drug-likeness (QED) is 0.684. The molecule has 29 heavy (non-hydrogen) atoms. The molecule has 1 aliphatic carbocycles. The largest absolute Gasteiger partial charge is 0.370 e. The first-order valence-electron chi connectivity index (χ1n) is 9.92. The smallest absolute Gasteiger partial charge is 0.265 e. The minimum Gasteiger partial charge on any atom is -0.370 e. The first-order valence-corrected chi connectivity index (χ1v) is 9.92. The van der Waals surface area contributed by atoms with E-state index in [1.807, 2.05) is 11.9 Å². The van der Waals surface area contributed by atoms with Gasteiger partial charge >= 0.3 is 0 Å². The van der Waals surface area contributed by atoms with Gasteiger partial charge in [-0.1, -0.05) is 6.42 Å². The molecule has 1 saturated carbocycles. The summed E-state index contributed by atoms with van der Waals surface area (Å²) in [5.41, 5.74) is 5.90. The van der Waals surface area contributed by atoms with Gasteiger partial charge in [-0.15, -0.1) is 0 Å². The molecule has 7 nitrogen and oxygen atoms in total. The van der Waals surface area contributed by atoms with Gasteiger partial charge in [0.25, 0.3) is 12.3 Å². The van der Waals surface area contributed by atoms with Crippen LogP contribution in [-0.4, -0.2) is 62.7 Å². The summed E-state index contributed by atoms with van der Waals surface area (Å²) in [6.07, 6.45) is 0.738. The Labute approximate surface area is 169 Å². The van der Waals surface area contributed by atoms with Gasteiger partial charge in [-0.3, -0.25) is 14.5 Å². The van der Waals surface area contributed by atoms with Gasteiger partial charge in [-0.25, -0.2) is 8.78 Å². The Morgan fingerprint density at radius 3 is 2.76 bits per heavy atom. The van der Waals surface area contributed by atoms with Crippen LogP contribution in [0.4, 0.5) is 20.2 Å². The summed E-state index contributed by atoms with van der Waals surface area (Å²) in [6.45, 7) is 1.29. The number of nitrogens with two attached hydrogens (primary N) is 1. The Bertz CT molecular complexity index is 742. The van der Waals surface area contributed by atoms with Gasteiger partial charge in [0.05, 0.1) is 12.3 Å². The number of carbonyl (C=O) groups is 2. The van der Waals surface area contributed by atoms with Gasteiger partial charge in [0, 0.05) is 30.9 Å². The zero-order chi connectivity index (χ0) is 21.0. The molecule has 0 unspecified atom stereocenters. The van der Waals surface area contributed by atoms with Crippen LogP contribution in [0.25, 0.3) is 0 Å². The van der Waals surface area contributed by atoms with Crippen LogP contribution in [0.15, 0.2) is 18.2 Å². The number of alkyl halides is 2. The molecule has 0 radical (unpaired) electrons. The van der Waals surface area contributed by atoms with Crippen molar-refractivity contribution in [2.75, 3.05) is 50.1 Å².